The van der Waals surface area contributed by atoms with Crippen molar-refractivity contribution in [2.75, 3.05) is 23.7 Å². The molecule has 1 aromatic rings. The van der Waals surface area contributed by atoms with E-state index in [4.69, 9.17) is 0 Å². The van der Waals surface area contributed by atoms with E-state index in [0.29, 0.717) is 6.54 Å². The summed E-state index contributed by atoms with van der Waals surface area (Å²) in [5, 5.41) is 8.76. The first-order chi connectivity index (χ1) is 9.56. The fraction of sp³-hybridized carbons (Fsp3) is 0.467. The van der Waals surface area contributed by atoms with Crippen LogP contribution in [0.2, 0.25) is 0 Å². The Morgan fingerprint density at radius 3 is 2.45 bits per heavy atom. The minimum absolute atomic E-state index is 0.0614. The zero-order chi connectivity index (χ0) is 14.5. The van der Waals surface area contributed by atoms with E-state index in [2.05, 4.69) is 16.0 Å². The summed E-state index contributed by atoms with van der Waals surface area (Å²) in [6.07, 6.45) is 2.54. The molecule has 1 fully saturated rings. The van der Waals surface area contributed by atoms with E-state index in [-0.39, 0.29) is 11.8 Å². The van der Waals surface area contributed by atoms with Crippen LogP contribution < -0.4 is 16.0 Å². The number of anilines is 2. The molecule has 2 rings (SSSR count). The number of carbonyl (C=O) groups is 2. The third kappa shape index (κ3) is 4.35. The van der Waals surface area contributed by atoms with E-state index in [9.17, 15) is 9.59 Å². The molecule has 0 saturated heterocycles. The maximum Gasteiger partial charge on any atom is 0.238 e. The Bertz CT molecular complexity index is 510. The monoisotopic (exact) mass is 275 g/mol. The number of hydrogen-bond acceptors (Lipinski definition) is 3. The number of nitrogens with one attached hydrogen (secondary N) is 3. The third-order valence-corrected chi connectivity index (χ3v) is 3.33. The summed E-state index contributed by atoms with van der Waals surface area (Å²) in [6.45, 7) is 4.57. The van der Waals surface area contributed by atoms with Crippen LogP contribution in [0.1, 0.15) is 25.3 Å². The molecule has 108 valence electrons. The molecule has 0 atom stereocenters. The van der Waals surface area contributed by atoms with Gasteiger partial charge in [0.1, 0.15) is 0 Å². The SMILES string of the molecule is CC(=O)Nc1cccc(NC(=O)CNCC2CC2)c1C. The van der Waals surface area contributed by atoms with Crippen molar-refractivity contribution in [3.63, 3.8) is 0 Å². The van der Waals surface area contributed by atoms with Gasteiger partial charge < -0.3 is 16.0 Å². The van der Waals surface area contributed by atoms with Crippen molar-refractivity contribution in [3.05, 3.63) is 23.8 Å². The summed E-state index contributed by atoms with van der Waals surface area (Å²) in [5.41, 5.74) is 2.31. The van der Waals surface area contributed by atoms with Crippen LogP contribution in [-0.4, -0.2) is 24.9 Å². The Labute approximate surface area is 119 Å². The van der Waals surface area contributed by atoms with Crippen LogP contribution in [0.5, 0.6) is 0 Å². The van der Waals surface area contributed by atoms with Crippen molar-refractivity contribution in [2.24, 2.45) is 5.92 Å². The van der Waals surface area contributed by atoms with Crippen LogP contribution in [0.4, 0.5) is 11.4 Å². The molecular formula is C15H21N3O2. The lowest BCUT2D eigenvalue weighted by atomic mass is 10.1. The Balaban J connectivity index is 1.90. The molecule has 0 unspecified atom stereocenters. The predicted molar refractivity (Wildman–Crippen MR) is 79.7 cm³/mol. The molecule has 0 heterocycles. The minimum atomic E-state index is -0.123. The van der Waals surface area contributed by atoms with E-state index in [1.807, 2.05) is 25.1 Å². The van der Waals surface area contributed by atoms with E-state index in [0.717, 1.165) is 29.4 Å². The molecule has 5 heteroatoms. The average Bonchev–Trinajstić information content (AvgIpc) is 3.18. The van der Waals surface area contributed by atoms with Crippen LogP contribution in [0, 0.1) is 12.8 Å². The van der Waals surface area contributed by atoms with Crippen molar-refractivity contribution < 1.29 is 9.59 Å². The molecule has 5 nitrogen and oxygen atoms in total. The normalized spacial score (nSPS) is 13.9. The van der Waals surface area contributed by atoms with E-state index < -0.39 is 0 Å². The fourth-order valence-electron chi connectivity index (χ4n) is 2.00. The van der Waals surface area contributed by atoms with Crippen molar-refractivity contribution >= 4 is 23.2 Å². The Morgan fingerprint density at radius 1 is 1.20 bits per heavy atom. The van der Waals surface area contributed by atoms with Gasteiger partial charge in [-0.1, -0.05) is 6.07 Å². The molecule has 20 heavy (non-hydrogen) atoms. The van der Waals surface area contributed by atoms with Crippen molar-refractivity contribution in [3.8, 4) is 0 Å². The molecule has 1 saturated carbocycles. The molecule has 0 radical (unpaired) electrons. The van der Waals surface area contributed by atoms with Crippen molar-refractivity contribution in [1.29, 1.82) is 0 Å². The Hall–Kier alpha value is -1.88. The van der Waals surface area contributed by atoms with Crippen LogP contribution in [0.3, 0.4) is 0 Å². The van der Waals surface area contributed by atoms with Gasteiger partial charge in [-0.25, -0.2) is 0 Å². The third-order valence-electron chi connectivity index (χ3n) is 3.33. The second-order valence-electron chi connectivity index (χ2n) is 5.28. The van der Waals surface area contributed by atoms with Gasteiger partial charge >= 0.3 is 0 Å². The molecule has 0 bridgehead atoms. The second kappa shape index (κ2) is 6.52. The van der Waals surface area contributed by atoms with Gasteiger partial charge in [-0.2, -0.15) is 0 Å². The highest BCUT2D eigenvalue weighted by atomic mass is 16.2. The zero-order valence-corrected chi connectivity index (χ0v) is 12.0. The van der Waals surface area contributed by atoms with Gasteiger partial charge in [0, 0.05) is 18.3 Å². The first-order valence-electron chi connectivity index (χ1n) is 6.94. The molecule has 1 aromatic carbocycles. The standard InChI is InChI=1S/C15H21N3O2/c1-10-13(17-11(2)19)4-3-5-14(10)18-15(20)9-16-8-12-6-7-12/h3-5,12,16H,6-9H2,1-2H3,(H,17,19)(H,18,20). The molecule has 3 N–H and O–H groups in total. The number of rotatable bonds is 6. The largest absolute Gasteiger partial charge is 0.326 e. The topological polar surface area (TPSA) is 70.2 Å². The summed E-state index contributed by atoms with van der Waals surface area (Å²) in [5.74, 6) is 0.573. The van der Waals surface area contributed by atoms with Gasteiger partial charge in [-0.15, -0.1) is 0 Å². The number of hydrogen-bond donors (Lipinski definition) is 3. The summed E-state index contributed by atoms with van der Waals surface area (Å²) in [7, 11) is 0. The van der Waals surface area contributed by atoms with Gasteiger partial charge in [0.25, 0.3) is 0 Å². The van der Waals surface area contributed by atoms with Gasteiger partial charge in [-0.3, -0.25) is 9.59 Å². The lowest BCUT2D eigenvalue weighted by molar-refractivity contribution is -0.115. The first-order valence-corrected chi connectivity index (χ1v) is 6.94. The molecule has 0 aliphatic heterocycles. The second-order valence-corrected chi connectivity index (χ2v) is 5.28. The van der Waals surface area contributed by atoms with Crippen LogP contribution in [0.25, 0.3) is 0 Å². The summed E-state index contributed by atoms with van der Waals surface area (Å²) < 4.78 is 0. The van der Waals surface area contributed by atoms with Gasteiger partial charge in [0.2, 0.25) is 11.8 Å². The lowest BCUT2D eigenvalue weighted by Gasteiger charge is -2.13. The highest BCUT2D eigenvalue weighted by Gasteiger charge is 2.20. The number of amides is 2. The average molecular weight is 275 g/mol. The Morgan fingerprint density at radius 2 is 1.85 bits per heavy atom. The van der Waals surface area contributed by atoms with Gasteiger partial charge in [0.05, 0.1) is 6.54 Å². The fourth-order valence-corrected chi connectivity index (χ4v) is 2.00. The lowest BCUT2D eigenvalue weighted by Crippen LogP contribution is -2.29. The highest BCUT2D eigenvalue weighted by Crippen LogP contribution is 2.27. The molecular weight excluding hydrogens is 254 g/mol. The van der Waals surface area contributed by atoms with E-state index in [1.165, 1.54) is 19.8 Å². The summed E-state index contributed by atoms with van der Waals surface area (Å²) in [6, 6.07) is 5.46. The van der Waals surface area contributed by atoms with Crippen molar-refractivity contribution in [1.82, 2.24) is 5.32 Å². The quantitative estimate of drug-likeness (QED) is 0.742. The summed E-state index contributed by atoms with van der Waals surface area (Å²) >= 11 is 0. The number of benzene rings is 1. The first kappa shape index (κ1) is 14.5. The zero-order valence-electron chi connectivity index (χ0n) is 12.0. The van der Waals surface area contributed by atoms with Gasteiger partial charge in [-0.05, 0) is 49.9 Å². The molecule has 0 aromatic heterocycles. The van der Waals surface area contributed by atoms with Gasteiger partial charge in [0.15, 0.2) is 0 Å². The minimum Gasteiger partial charge on any atom is -0.326 e. The van der Waals surface area contributed by atoms with Crippen molar-refractivity contribution in [2.45, 2.75) is 26.7 Å². The predicted octanol–water partition coefficient (Wildman–Crippen LogP) is 1.89. The molecule has 1 aliphatic rings. The molecule has 1 aliphatic carbocycles. The van der Waals surface area contributed by atoms with Crippen LogP contribution >= 0.6 is 0 Å². The maximum absolute atomic E-state index is 11.8. The summed E-state index contributed by atoms with van der Waals surface area (Å²) in [4.78, 5) is 22.9. The number of carbonyl (C=O) groups excluding carboxylic acids is 2. The van der Waals surface area contributed by atoms with E-state index in [1.54, 1.807) is 0 Å². The smallest absolute Gasteiger partial charge is 0.238 e. The van der Waals surface area contributed by atoms with E-state index >= 15 is 0 Å². The molecule has 2 amide bonds. The Kier molecular flexibility index (Phi) is 4.74. The van der Waals surface area contributed by atoms with Crippen LogP contribution in [0.15, 0.2) is 18.2 Å². The highest BCUT2D eigenvalue weighted by molar-refractivity contribution is 5.95. The maximum atomic E-state index is 11.8. The molecule has 0 spiro atoms. The van der Waals surface area contributed by atoms with Crippen LogP contribution in [-0.2, 0) is 9.59 Å².